The molecule has 0 spiro atoms. The molecule has 1 saturated carbocycles. The fourth-order valence-electron chi connectivity index (χ4n) is 4.78. The van der Waals surface area contributed by atoms with Crippen LogP contribution in [0.15, 0.2) is 6.20 Å². The van der Waals surface area contributed by atoms with Gasteiger partial charge >= 0.3 is 12.0 Å². The Bertz CT molecular complexity index is 682. The Kier molecular flexibility index (Phi) is 5.25. The molecule has 3 rings (SSSR count). The molecule has 1 aliphatic carbocycles. The molecule has 144 valence electrons. The standard InChI is InChI=1S/C19H30N4O3/c1-4-14(5-2)23-16(6-3)15(10-20-23)21-18(26)22-11-13-8-7-9-19(13,12-22)17(24)25/h10,13-14H,4-9,11-12H2,1-3H3,(H,21,26)(H,24,25)/t13-,19+/m0/s1. The van der Waals surface area contributed by atoms with E-state index in [9.17, 15) is 14.7 Å². The average molecular weight is 362 g/mol. The highest BCUT2D eigenvalue weighted by Crippen LogP contribution is 2.49. The van der Waals surface area contributed by atoms with E-state index in [-0.39, 0.29) is 11.9 Å². The topological polar surface area (TPSA) is 87.5 Å². The van der Waals surface area contributed by atoms with Crippen LogP contribution in [-0.2, 0) is 11.2 Å². The molecule has 2 aliphatic rings. The van der Waals surface area contributed by atoms with Gasteiger partial charge in [-0.25, -0.2) is 4.79 Å². The summed E-state index contributed by atoms with van der Waals surface area (Å²) >= 11 is 0. The normalized spacial score (nSPS) is 24.9. The van der Waals surface area contributed by atoms with Gasteiger partial charge in [0.1, 0.15) is 0 Å². The number of carbonyl (C=O) groups excluding carboxylic acids is 1. The predicted octanol–water partition coefficient (Wildman–Crippen LogP) is 3.53. The van der Waals surface area contributed by atoms with E-state index in [2.05, 4.69) is 31.2 Å². The Labute approximate surface area is 154 Å². The second kappa shape index (κ2) is 7.29. The Hall–Kier alpha value is -2.05. The van der Waals surface area contributed by atoms with Crippen molar-refractivity contribution >= 4 is 17.7 Å². The van der Waals surface area contributed by atoms with Gasteiger partial charge in [0.05, 0.1) is 29.0 Å². The fourth-order valence-corrected chi connectivity index (χ4v) is 4.78. The number of hydrogen-bond donors (Lipinski definition) is 2. The smallest absolute Gasteiger partial charge is 0.321 e. The van der Waals surface area contributed by atoms with Gasteiger partial charge < -0.3 is 15.3 Å². The zero-order chi connectivity index (χ0) is 18.9. The third-order valence-electron chi connectivity index (χ3n) is 6.35. The minimum absolute atomic E-state index is 0.0729. The number of aliphatic carboxylic acids is 1. The van der Waals surface area contributed by atoms with Crippen LogP contribution >= 0.6 is 0 Å². The van der Waals surface area contributed by atoms with Crippen molar-refractivity contribution in [3.63, 3.8) is 0 Å². The van der Waals surface area contributed by atoms with Gasteiger partial charge in [-0.3, -0.25) is 9.48 Å². The Balaban J connectivity index is 1.74. The van der Waals surface area contributed by atoms with E-state index in [4.69, 9.17) is 0 Å². The average Bonchev–Trinajstić information content (AvgIpc) is 3.28. The number of rotatable bonds is 6. The third-order valence-corrected chi connectivity index (χ3v) is 6.35. The highest BCUT2D eigenvalue weighted by Gasteiger charge is 2.55. The van der Waals surface area contributed by atoms with Crippen LogP contribution < -0.4 is 5.32 Å². The number of carboxylic acid groups (broad SMARTS) is 1. The van der Waals surface area contributed by atoms with Gasteiger partial charge in [0.2, 0.25) is 0 Å². The lowest BCUT2D eigenvalue weighted by molar-refractivity contribution is -0.149. The first kappa shape index (κ1) is 18.7. The minimum atomic E-state index is -0.758. The molecule has 2 heterocycles. The Morgan fingerprint density at radius 3 is 2.69 bits per heavy atom. The van der Waals surface area contributed by atoms with Gasteiger partial charge in [-0.1, -0.05) is 27.2 Å². The van der Waals surface area contributed by atoms with Crippen molar-refractivity contribution in [2.45, 2.75) is 65.3 Å². The van der Waals surface area contributed by atoms with Gasteiger partial charge in [-0.15, -0.1) is 0 Å². The molecule has 0 radical (unpaired) electrons. The van der Waals surface area contributed by atoms with Crippen molar-refractivity contribution in [1.82, 2.24) is 14.7 Å². The summed E-state index contributed by atoms with van der Waals surface area (Å²) in [5, 5.41) is 17.2. The third kappa shape index (κ3) is 2.97. The number of fused-ring (bicyclic) bond motifs is 1. The van der Waals surface area contributed by atoms with Crippen LogP contribution in [0.5, 0.6) is 0 Å². The Morgan fingerprint density at radius 2 is 2.12 bits per heavy atom. The largest absolute Gasteiger partial charge is 0.481 e. The number of hydrogen-bond acceptors (Lipinski definition) is 3. The minimum Gasteiger partial charge on any atom is -0.481 e. The highest BCUT2D eigenvalue weighted by atomic mass is 16.4. The molecule has 7 nitrogen and oxygen atoms in total. The van der Waals surface area contributed by atoms with Crippen LogP contribution in [0.3, 0.4) is 0 Å². The van der Waals surface area contributed by atoms with E-state index in [0.29, 0.717) is 25.6 Å². The summed E-state index contributed by atoms with van der Waals surface area (Å²) in [7, 11) is 0. The van der Waals surface area contributed by atoms with E-state index < -0.39 is 11.4 Å². The van der Waals surface area contributed by atoms with Crippen LogP contribution in [0.25, 0.3) is 0 Å². The van der Waals surface area contributed by atoms with Crippen molar-refractivity contribution in [1.29, 1.82) is 0 Å². The van der Waals surface area contributed by atoms with Crippen molar-refractivity contribution in [2.75, 3.05) is 18.4 Å². The number of carboxylic acids is 1. The predicted molar refractivity (Wildman–Crippen MR) is 99.2 cm³/mol. The second-order valence-corrected chi connectivity index (χ2v) is 7.63. The summed E-state index contributed by atoms with van der Waals surface area (Å²) < 4.78 is 2.02. The van der Waals surface area contributed by atoms with Crippen LogP contribution in [0, 0.1) is 11.3 Å². The summed E-state index contributed by atoms with van der Waals surface area (Å²) in [4.78, 5) is 26.3. The number of likely N-dealkylation sites (tertiary alicyclic amines) is 1. The highest BCUT2D eigenvalue weighted by molar-refractivity contribution is 5.91. The van der Waals surface area contributed by atoms with E-state index in [1.165, 1.54) is 0 Å². The molecule has 1 aromatic rings. The Morgan fingerprint density at radius 1 is 1.38 bits per heavy atom. The molecule has 2 fully saturated rings. The molecular formula is C19H30N4O3. The molecule has 1 saturated heterocycles. The molecule has 0 unspecified atom stereocenters. The van der Waals surface area contributed by atoms with Crippen molar-refractivity contribution in [3.05, 3.63) is 11.9 Å². The van der Waals surface area contributed by atoms with Crippen molar-refractivity contribution < 1.29 is 14.7 Å². The van der Waals surface area contributed by atoms with Gasteiger partial charge in [0.15, 0.2) is 0 Å². The summed E-state index contributed by atoms with van der Waals surface area (Å²) in [5.74, 6) is -0.685. The van der Waals surface area contributed by atoms with Crippen LogP contribution in [0.1, 0.15) is 64.6 Å². The number of anilines is 1. The molecule has 2 amide bonds. The zero-order valence-corrected chi connectivity index (χ0v) is 16.0. The zero-order valence-electron chi connectivity index (χ0n) is 16.0. The lowest BCUT2D eigenvalue weighted by Crippen LogP contribution is -2.38. The molecule has 1 aromatic heterocycles. The quantitative estimate of drug-likeness (QED) is 0.810. The van der Waals surface area contributed by atoms with E-state index in [1.807, 2.05) is 4.68 Å². The van der Waals surface area contributed by atoms with Gasteiger partial charge in [-0.05, 0) is 38.0 Å². The maximum atomic E-state index is 12.8. The number of carbonyl (C=O) groups is 2. The molecule has 7 heteroatoms. The first-order valence-corrected chi connectivity index (χ1v) is 9.82. The molecule has 26 heavy (non-hydrogen) atoms. The van der Waals surface area contributed by atoms with Crippen LogP contribution in [0.2, 0.25) is 0 Å². The van der Waals surface area contributed by atoms with Crippen LogP contribution in [-0.4, -0.2) is 44.9 Å². The maximum Gasteiger partial charge on any atom is 0.321 e. The van der Waals surface area contributed by atoms with Crippen LogP contribution in [0.4, 0.5) is 10.5 Å². The molecule has 2 atom stereocenters. The number of amides is 2. The second-order valence-electron chi connectivity index (χ2n) is 7.63. The molecule has 2 N–H and O–H groups in total. The van der Waals surface area contributed by atoms with Crippen molar-refractivity contribution in [3.8, 4) is 0 Å². The molecule has 0 aromatic carbocycles. The molecular weight excluding hydrogens is 332 g/mol. The molecule has 1 aliphatic heterocycles. The lowest BCUT2D eigenvalue weighted by atomic mass is 9.81. The SMILES string of the molecule is CCc1c(NC(=O)N2C[C@@H]3CCC[C@@]3(C(=O)O)C2)cnn1C(CC)CC. The maximum absolute atomic E-state index is 12.8. The fraction of sp³-hybridized carbons (Fsp3) is 0.737. The summed E-state index contributed by atoms with van der Waals surface area (Å²) in [6.07, 6.45) is 6.99. The number of urea groups is 1. The number of nitrogens with zero attached hydrogens (tertiary/aromatic N) is 3. The van der Waals surface area contributed by atoms with Gasteiger partial charge in [0.25, 0.3) is 0 Å². The lowest BCUT2D eigenvalue weighted by Gasteiger charge is -2.23. The first-order valence-electron chi connectivity index (χ1n) is 9.82. The summed E-state index contributed by atoms with van der Waals surface area (Å²) in [6, 6.07) is 0.121. The van der Waals surface area contributed by atoms with E-state index >= 15 is 0 Å². The van der Waals surface area contributed by atoms with Crippen molar-refractivity contribution in [2.24, 2.45) is 11.3 Å². The van der Waals surface area contributed by atoms with E-state index in [1.54, 1.807) is 11.1 Å². The molecule has 0 bridgehead atoms. The van der Waals surface area contributed by atoms with Gasteiger partial charge in [0, 0.05) is 13.1 Å². The van der Waals surface area contributed by atoms with E-state index in [0.717, 1.165) is 43.5 Å². The number of nitrogens with one attached hydrogen (secondary N) is 1. The summed E-state index contributed by atoms with van der Waals surface area (Å²) in [5.41, 5.74) is 1.02. The summed E-state index contributed by atoms with van der Waals surface area (Å²) in [6.45, 7) is 7.18. The monoisotopic (exact) mass is 362 g/mol. The number of aromatic nitrogens is 2. The first-order chi connectivity index (χ1) is 12.5. The van der Waals surface area contributed by atoms with Gasteiger partial charge in [-0.2, -0.15) is 5.10 Å².